The van der Waals surface area contributed by atoms with Crippen LogP contribution in [0.3, 0.4) is 0 Å². The van der Waals surface area contributed by atoms with Crippen molar-refractivity contribution in [2.75, 3.05) is 13.7 Å². The van der Waals surface area contributed by atoms with Crippen LogP contribution in [0.25, 0.3) is 0 Å². The molecule has 0 aliphatic heterocycles. The average molecular weight is 542 g/mol. The number of rotatable bonds is 9. The first kappa shape index (κ1) is 25.4. The van der Waals surface area contributed by atoms with Crippen molar-refractivity contribution in [3.63, 3.8) is 0 Å². The third-order valence-corrected chi connectivity index (χ3v) is 5.17. The van der Waals surface area contributed by atoms with Crippen LogP contribution in [0.1, 0.15) is 21.5 Å². The van der Waals surface area contributed by atoms with Crippen molar-refractivity contribution in [3.8, 4) is 17.2 Å². The predicted octanol–water partition coefficient (Wildman–Crippen LogP) is 4.42. The molecule has 10 nitrogen and oxygen atoms in total. The number of halogens is 1. The van der Waals surface area contributed by atoms with Gasteiger partial charge in [-0.15, -0.1) is 0 Å². The highest BCUT2D eigenvalue weighted by Gasteiger charge is 2.14. The highest BCUT2D eigenvalue weighted by atomic mass is 79.9. The van der Waals surface area contributed by atoms with Gasteiger partial charge in [-0.05, 0) is 76.4 Å². The van der Waals surface area contributed by atoms with E-state index in [4.69, 9.17) is 14.2 Å². The van der Waals surface area contributed by atoms with Gasteiger partial charge in [0, 0.05) is 12.1 Å². The van der Waals surface area contributed by atoms with E-state index in [9.17, 15) is 19.7 Å². The largest absolute Gasteiger partial charge is 0.493 e. The Hall–Kier alpha value is -4.25. The predicted molar refractivity (Wildman–Crippen MR) is 131 cm³/mol. The molecule has 180 valence electrons. The number of hydrazone groups is 1. The highest BCUT2D eigenvalue weighted by Crippen LogP contribution is 2.29. The lowest BCUT2D eigenvalue weighted by atomic mass is 10.2. The van der Waals surface area contributed by atoms with Crippen molar-refractivity contribution in [2.24, 2.45) is 5.10 Å². The summed E-state index contributed by atoms with van der Waals surface area (Å²) >= 11 is 3.38. The Bertz CT molecular complexity index is 1280. The van der Waals surface area contributed by atoms with Crippen LogP contribution >= 0.6 is 15.9 Å². The second kappa shape index (κ2) is 11.7. The molecule has 0 spiro atoms. The first-order valence-electron chi connectivity index (χ1n) is 10.1. The fourth-order valence-electron chi connectivity index (χ4n) is 2.80. The summed E-state index contributed by atoms with van der Waals surface area (Å²) in [5.74, 6) is -0.211. The molecule has 11 heteroatoms. The van der Waals surface area contributed by atoms with Gasteiger partial charge in [0.05, 0.1) is 28.3 Å². The van der Waals surface area contributed by atoms with Gasteiger partial charge in [0.15, 0.2) is 18.1 Å². The third-order valence-electron chi connectivity index (χ3n) is 4.55. The summed E-state index contributed by atoms with van der Waals surface area (Å²) in [6, 6.07) is 15.2. The van der Waals surface area contributed by atoms with E-state index in [2.05, 4.69) is 26.5 Å². The summed E-state index contributed by atoms with van der Waals surface area (Å²) in [5.41, 5.74) is 4.00. The SMILES string of the molecule is COc1cc(C=NNC(=O)COc2ccc(C)cc2Br)ccc1OC(=O)c1ccc([N+](=O)[O-])cc1. The Morgan fingerprint density at radius 3 is 2.43 bits per heavy atom. The summed E-state index contributed by atoms with van der Waals surface area (Å²) in [7, 11) is 1.40. The number of aryl methyl sites for hydroxylation is 1. The van der Waals surface area contributed by atoms with Gasteiger partial charge in [-0.3, -0.25) is 14.9 Å². The van der Waals surface area contributed by atoms with E-state index in [-0.39, 0.29) is 29.4 Å². The van der Waals surface area contributed by atoms with E-state index in [1.807, 2.05) is 19.1 Å². The molecule has 1 N–H and O–H groups in total. The number of nitro groups is 1. The van der Waals surface area contributed by atoms with Gasteiger partial charge in [0.1, 0.15) is 5.75 Å². The number of nitrogens with zero attached hydrogens (tertiary/aromatic N) is 2. The number of benzene rings is 3. The molecule has 35 heavy (non-hydrogen) atoms. The third kappa shape index (κ3) is 7.11. The molecule has 0 fully saturated rings. The van der Waals surface area contributed by atoms with Crippen LogP contribution in [0.5, 0.6) is 17.2 Å². The zero-order valence-electron chi connectivity index (χ0n) is 18.7. The number of esters is 1. The van der Waals surface area contributed by atoms with Gasteiger partial charge >= 0.3 is 5.97 Å². The molecule has 0 aromatic heterocycles. The smallest absolute Gasteiger partial charge is 0.343 e. The second-order valence-corrected chi connectivity index (χ2v) is 7.97. The van der Waals surface area contributed by atoms with Crippen LogP contribution in [0, 0.1) is 17.0 Å². The fourth-order valence-corrected chi connectivity index (χ4v) is 3.41. The molecule has 0 aliphatic rings. The zero-order valence-corrected chi connectivity index (χ0v) is 20.3. The highest BCUT2D eigenvalue weighted by molar-refractivity contribution is 9.10. The van der Waals surface area contributed by atoms with Crippen LogP contribution in [0.4, 0.5) is 5.69 Å². The molecule has 0 unspecified atom stereocenters. The number of carbonyl (C=O) groups is 2. The van der Waals surface area contributed by atoms with Gasteiger partial charge in [-0.25, -0.2) is 10.2 Å². The molecular weight excluding hydrogens is 522 g/mol. The van der Waals surface area contributed by atoms with E-state index in [1.165, 1.54) is 43.7 Å². The molecule has 0 heterocycles. The molecule has 0 saturated carbocycles. The lowest BCUT2D eigenvalue weighted by molar-refractivity contribution is -0.384. The van der Waals surface area contributed by atoms with Gasteiger partial charge < -0.3 is 14.2 Å². The number of ether oxygens (including phenoxy) is 3. The number of nitrogens with one attached hydrogen (secondary N) is 1. The van der Waals surface area contributed by atoms with Crippen LogP contribution < -0.4 is 19.6 Å². The molecule has 0 radical (unpaired) electrons. The number of nitro benzene ring substituents is 1. The topological polar surface area (TPSA) is 129 Å². The molecule has 3 aromatic carbocycles. The normalized spacial score (nSPS) is 10.6. The van der Waals surface area contributed by atoms with Crippen molar-refractivity contribution in [1.29, 1.82) is 0 Å². The monoisotopic (exact) mass is 541 g/mol. The average Bonchev–Trinajstić information content (AvgIpc) is 2.84. The van der Waals surface area contributed by atoms with Crippen LogP contribution in [0.2, 0.25) is 0 Å². The summed E-state index contributed by atoms with van der Waals surface area (Å²) in [5, 5.41) is 14.6. The van der Waals surface area contributed by atoms with Gasteiger partial charge in [0.25, 0.3) is 11.6 Å². The quantitative estimate of drug-likeness (QED) is 0.139. The maximum absolute atomic E-state index is 12.4. The Labute approximate surface area is 208 Å². The van der Waals surface area contributed by atoms with E-state index < -0.39 is 16.8 Å². The maximum atomic E-state index is 12.4. The summed E-state index contributed by atoms with van der Waals surface area (Å²) in [6.45, 7) is 1.72. The minimum Gasteiger partial charge on any atom is -0.493 e. The molecule has 0 aliphatic carbocycles. The first-order valence-corrected chi connectivity index (χ1v) is 10.9. The lowest BCUT2D eigenvalue weighted by Crippen LogP contribution is -2.24. The number of hydrogen-bond acceptors (Lipinski definition) is 8. The summed E-state index contributed by atoms with van der Waals surface area (Å²) in [6.07, 6.45) is 1.39. The lowest BCUT2D eigenvalue weighted by Gasteiger charge is -2.10. The molecule has 3 rings (SSSR count). The maximum Gasteiger partial charge on any atom is 0.343 e. The van der Waals surface area contributed by atoms with Gasteiger partial charge in [-0.1, -0.05) is 6.07 Å². The van der Waals surface area contributed by atoms with E-state index in [0.717, 1.165) is 10.0 Å². The Kier molecular flexibility index (Phi) is 8.52. The van der Waals surface area contributed by atoms with Crippen molar-refractivity contribution in [1.82, 2.24) is 5.43 Å². The molecule has 3 aromatic rings. The van der Waals surface area contributed by atoms with Crippen LogP contribution in [-0.4, -0.2) is 36.7 Å². The standard InChI is InChI=1S/C24H20BrN3O7/c1-15-3-9-20(19(25)11-15)34-14-23(29)27-26-13-16-4-10-21(22(12-16)33-2)35-24(30)17-5-7-18(8-6-17)28(31)32/h3-13H,14H2,1-2H3,(H,27,29). The number of carbonyl (C=O) groups excluding carboxylic acids is 2. The summed E-state index contributed by atoms with van der Waals surface area (Å²) < 4.78 is 16.8. The Morgan fingerprint density at radius 2 is 1.77 bits per heavy atom. The first-order chi connectivity index (χ1) is 16.8. The van der Waals surface area contributed by atoms with Crippen molar-refractivity contribution in [3.05, 3.63) is 91.9 Å². The molecule has 1 amide bonds. The Morgan fingerprint density at radius 1 is 1.06 bits per heavy atom. The minimum absolute atomic E-state index is 0.135. The number of non-ortho nitro benzene ring substituents is 1. The number of amides is 1. The van der Waals surface area contributed by atoms with E-state index in [0.29, 0.717) is 11.3 Å². The van der Waals surface area contributed by atoms with Crippen LogP contribution in [0.15, 0.2) is 70.2 Å². The van der Waals surface area contributed by atoms with E-state index in [1.54, 1.807) is 18.2 Å². The van der Waals surface area contributed by atoms with Crippen molar-refractivity contribution < 1.29 is 28.7 Å². The number of methoxy groups -OCH3 is 1. The van der Waals surface area contributed by atoms with Crippen LogP contribution in [-0.2, 0) is 4.79 Å². The van der Waals surface area contributed by atoms with E-state index >= 15 is 0 Å². The van der Waals surface area contributed by atoms with Crippen molar-refractivity contribution in [2.45, 2.75) is 6.92 Å². The Balaban J connectivity index is 1.57. The van der Waals surface area contributed by atoms with Gasteiger partial charge in [0.2, 0.25) is 0 Å². The number of hydrogen-bond donors (Lipinski definition) is 1. The molecule has 0 saturated heterocycles. The minimum atomic E-state index is -0.702. The molecule has 0 atom stereocenters. The zero-order chi connectivity index (χ0) is 25.4. The van der Waals surface area contributed by atoms with Crippen molar-refractivity contribution >= 4 is 39.7 Å². The second-order valence-electron chi connectivity index (χ2n) is 7.12. The molecular formula is C24H20BrN3O7. The molecule has 0 bridgehead atoms. The summed E-state index contributed by atoms with van der Waals surface area (Å²) in [4.78, 5) is 34.5. The fraction of sp³-hybridized carbons (Fsp3) is 0.125. The van der Waals surface area contributed by atoms with Gasteiger partial charge in [-0.2, -0.15) is 5.10 Å².